The first-order valence-electron chi connectivity index (χ1n) is 8.64. The lowest BCUT2D eigenvalue weighted by Gasteiger charge is -2.13. The van der Waals surface area contributed by atoms with Crippen molar-refractivity contribution in [2.45, 2.75) is 20.0 Å². The maximum Gasteiger partial charge on any atom is 0.266 e. The summed E-state index contributed by atoms with van der Waals surface area (Å²) in [7, 11) is 3.34. The van der Waals surface area contributed by atoms with Crippen LogP contribution >= 0.6 is 11.8 Å². The van der Waals surface area contributed by atoms with Crippen LogP contribution in [0.3, 0.4) is 0 Å². The van der Waals surface area contributed by atoms with Crippen LogP contribution < -0.4 is 9.47 Å². The first-order chi connectivity index (χ1) is 13.0. The van der Waals surface area contributed by atoms with Gasteiger partial charge in [0.25, 0.3) is 5.91 Å². The fraction of sp³-hybridized carbons (Fsp3) is 0.238. The molecule has 140 valence electrons. The van der Waals surface area contributed by atoms with E-state index < -0.39 is 0 Å². The Morgan fingerprint density at radius 2 is 1.85 bits per heavy atom. The highest BCUT2D eigenvalue weighted by molar-refractivity contribution is 8.18. The Hall–Kier alpha value is -2.73. The number of methoxy groups -OCH3 is 1. The molecule has 3 rings (SSSR count). The molecule has 0 saturated carbocycles. The lowest BCUT2D eigenvalue weighted by atomic mass is 10.2. The average molecular weight is 382 g/mol. The smallest absolute Gasteiger partial charge is 0.266 e. The molecule has 0 radical (unpaired) electrons. The van der Waals surface area contributed by atoms with Gasteiger partial charge in [0.2, 0.25) is 0 Å². The molecule has 1 aliphatic heterocycles. The summed E-state index contributed by atoms with van der Waals surface area (Å²) in [4.78, 5) is 19.3. The van der Waals surface area contributed by atoms with Gasteiger partial charge in [-0.05, 0) is 61.5 Å². The topological polar surface area (TPSA) is 51.1 Å². The largest absolute Gasteiger partial charge is 0.493 e. The van der Waals surface area contributed by atoms with Gasteiger partial charge >= 0.3 is 0 Å². The molecule has 6 heteroatoms. The van der Waals surface area contributed by atoms with Crippen LogP contribution in [0.5, 0.6) is 11.5 Å². The van der Waals surface area contributed by atoms with Gasteiger partial charge in [-0.2, -0.15) is 0 Å². The molecule has 27 heavy (non-hydrogen) atoms. The van der Waals surface area contributed by atoms with Crippen molar-refractivity contribution in [1.82, 2.24) is 4.90 Å². The number of carbonyl (C=O) groups is 1. The molecule has 0 aliphatic carbocycles. The molecule has 5 nitrogen and oxygen atoms in total. The van der Waals surface area contributed by atoms with Gasteiger partial charge in [0.1, 0.15) is 0 Å². The number of amides is 1. The number of nitrogens with zero attached hydrogens (tertiary/aromatic N) is 2. The molecular weight excluding hydrogens is 360 g/mol. The van der Waals surface area contributed by atoms with Gasteiger partial charge < -0.3 is 9.47 Å². The minimum Gasteiger partial charge on any atom is -0.493 e. The second kappa shape index (κ2) is 8.31. The van der Waals surface area contributed by atoms with E-state index in [-0.39, 0.29) is 12.0 Å². The summed E-state index contributed by atoms with van der Waals surface area (Å²) in [6, 6.07) is 15.2. The van der Waals surface area contributed by atoms with Crippen LogP contribution in [0.15, 0.2) is 58.4 Å². The molecule has 0 spiro atoms. The van der Waals surface area contributed by atoms with Crippen molar-refractivity contribution < 1.29 is 14.3 Å². The quantitative estimate of drug-likeness (QED) is 0.703. The number of rotatable bonds is 5. The maximum atomic E-state index is 12.6. The van der Waals surface area contributed by atoms with E-state index in [0.29, 0.717) is 21.6 Å². The number of ether oxygens (including phenoxy) is 2. The summed E-state index contributed by atoms with van der Waals surface area (Å²) in [5.41, 5.74) is 1.69. The molecule has 2 aromatic carbocycles. The third-order valence-corrected chi connectivity index (χ3v) is 4.89. The van der Waals surface area contributed by atoms with E-state index in [1.165, 1.54) is 11.8 Å². The predicted octanol–water partition coefficient (Wildman–Crippen LogP) is 4.72. The number of amidine groups is 1. The minimum atomic E-state index is -0.0730. The fourth-order valence-corrected chi connectivity index (χ4v) is 3.53. The SMILES string of the molecule is COc1cc(/C=C2/SC(=Nc3ccccc3)N(C)C2=O)ccc1OC(C)C. The van der Waals surface area contributed by atoms with Gasteiger partial charge in [-0.15, -0.1) is 0 Å². The molecule has 1 saturated heterocycles. The molecule has 1 fully saturated rings. The first kappa shape index (κ1) is 19.0. The summed E-state index contributed by atoms with van der Waals surface area (Å²) >= 11 is 1.36. The zero-order valence-electron chi connectivity index (χ0n) is 15.8. The Bertz CT molecular complexity index is 892. The number of carbonyl (C=O) groups excluding carboxylic acids is 1. The lowest BCUT2D eigenvalue weighted by molar-refractivity contribution is -0.121. The van der Waals surface area contributed by atoms with Gasteiger partial charge in [-0.3, -0.25) is 9.69 Å². The summed E-state index contributed by atoms with van der Waals surface area (Å²) in [5.74, 6) is 1.25. The van der Waals surface area contributed by atoms with Gasteiger partial charge in [0.15, 0.2) is 16.7 Å². The third kappa shape index (κ3) is 4.52. The van der Waals surface area contributed by atoms with E-state index in [1.807, 2.05) is 68.5 Å². The normalized spacial score (nSPS) is 17.2. The number of para-hydroxylation sites is 1. The van der Waals surface area contributed by atoms with E-state index in [0.717, 1.165) is 11.3 Å². The van der Waals surface area contributed by atoms with Gasteiger partial charge in [0, 0.05) is 7.05 Å². The van der Waals surface area contributed by atoms with Gasteiger partial charge in [-0.25, -0.2) is 4.99 Å². The standard InChI is InChI=1S/C21H22N2O3S/c1-14(2)26-17-11-10-15(12-18(17)25-4)13-19-20(24)23(3)21(27-19)22-16-8-6-5-7-9-16/h5-14H,1-4H3/b19-13+,22-21?. The van der Waals surface area contributed by atoms with E-state index in [2.05, 4.69) is 4.99 Å². The van der Waals surface area contributed by atoms with Crippen molar-refractivity contribution >= 4 is 34.6 Å². The number of benzene rings is 2. The van der Waals surface area contributed by atoms with Crippen molar-refractivity contribution in [2.75, 3.05) is 14.2 Å². The molecule has 0 aromatic heterocycles. The van der Waals surface area contributed by atoms with E-state index in [9.17, 15) is 4.79 Å². The number of hydrogen-bond donors (Lipinski definition) is 0. The van der Waals surface area contributed by atoms with Crippen LogP contribution in [-0.2, 0) is 4.79 Å². The van der Waals surface area contributed by atoms with Gasteiger partial charge in [0.05, 0.1) is 23.8 Å². The van der Waals surface area contributed by atoms with Crippen LogP contribution in [0.25, 0.3) is 6.08 Å². The third-order valence-electron chi connectivity index (χ3n) is 3.83. The Morgan fingerprint density at radius 3 is 2.52 bits per heavy atom. The molecule has 0 unspecified atom stereocenters. The zero-order chi connectivity index (χ0) is 19.4. The zero-order valence-corrected chi connectivity index (χ0v) is 16.6. The molecule has 1 heterocycles. The molecule has 2 aromatic rings. The Labute approximate surface area is 163 Å². The number of likely N-dealkylation sites (N-methyl/N-ethyl adjacent to an activating group) is 1. The molecule has 0 bridgehead atoms. The second-order valence-electron chi connectivity index (χ2n) is 6.28. The molecule has 1 amide bonds. The van der Waals surface area contributed by atoms with Crippen LogP contribution in [0, 0.1) is 0 Å². The van der Waals surface area contributed by atoms with Crippen molar-refractivity contribution in [1.29, 1.82) is 0 Å². The summed E-state index contributed by atoms with van der Waals surface area (Å²) in [6.07, 6.45) is 1.90. The molecular formula is C21H22N2O3S. The van der Waals surface area contributed by atoms with Crippen molar-refractivity contribution in [3.63, 3.8) is 0 Å². The Balaban J connectivity index is 1.87. The van der Waals surface area contributed by atoms with E-state index >= 15 is 0 Å². The summed E-state index contributed by atoms with van der Waals surface area (Å²) < 4.78 is 11.2. The highest BCUT2D eigenvalue weighted by atomic mass is 32.2. The molecule has 1 aliphatic rings. The van der Waals surface area contributed by atoms with Crippen LogP contribution in [0.2, 0.25) is 0 Å². The Kier molecular flexibility index (Phi) is 5.86. The monoisotopic (exact) mass is 382 g/mol. The second-order valence-corrected chi connectivity index (χ2v) is 7.29. The fourth-order valence-electron chi connectivity index (χ4n) is 2.54. The van der Waals surface area contributed by atoms with Crippen molar-refractivity contribution in [3.05, 3.63) is 59.0 Å². The highest BCUT2D eigenvalue weighted by Gasteiger charge is 2.30. The van der Waals surface area contributed by atoms with Crippen LogP contribution in [0.1, 0.15) is 19.4 Å². The minimum absolute atomic E-state index is 0.0560. The maximum absolute atomic E-state index is 12.6. The lowest BCUT2D eigenvalue weighted by Crippen LogP contribution is -2.23. The molecule has 0 atom stereocenters. The predicted molar refractivity (Wildman–Crippen MR) is 111 cm³/mol. The van der Waals surface area contributed by atoms with Crippen molar-refractivity contribution in [3.8, 4) is 11.5 Å². The Morgan fingerprint density at radius 1 is 1.11 bits per heavy atom. The van der Waals surface area contributed by atoms with Gasteiger partial charge in [-0.1, -0.05) is 24.3 Å². The first-order valence-corrected chi connectivity index (χ1v) is 9.45. The van der Waals surface area contributed by atoms with Crippen LogP contribution in [0.4, 0.5) is 5.69 Å². The van der Waals surface area contributed by atoms with E-state index in [1.54, 1.807) is 19.1 Å². The number of aliphatic imine (C=N–C) groups is 1. The summed E-state index contributed by atoms with van der Waals surface area (Å²) in [5, 5.41) is 0.657. The summed E-state index contributed by atoms with van der Waals surface area (Å²) in [6.45, 7) is 3.93. The van der Waals surface area contributed by atoms with Crippen LogP contribution in [-0.4, -0.2) is 36.2 Å². The van der Waals surface area contributed by atoms with E-state index in [4.69, 9.17) is 9.47 Å². The highest BCUT2D eigenvalue weighted by Crippen LogP contribution is 2.35. The van der Waals surface area contributed by atoms with Crippen molar-refractivity contribution in [2.24, 2.45) is 4.99 Å². The molecule has 0 N–H and O–H groups in total. The average Bonchev–Trinajstić information content (AvgIpc) is 2.91. The number of hydrogen-bond acceptors (Lipinski definition) is 5. The number of thioether (sulfide) groups is 1.